The number of carbonyl (C=O) groups excluding carboxylic acids is 1. The lowest BCUT2D eigenvalue weighted by Gasteiger charge is -2.36. The van der Waals surface area contributed by atoms with Crippen molar-refractivity contribution in [3.8, 4) is 11.5 Å². The summed E-state index contributed by atoms with van der Waals surface area (Å²) in [6, 6.07) is 12.3. The molecule has 2 fully saturated rings. The zero-order chi connectivity index (χ0) is 18.8. The molecule has 2 bridgehead atoms. The van der Waals surface area contributed by atoms with Gasteiger partial charge in [0.1, 0.15) is 12.4 Å². The molecule has 0 aliphatic carbocycles. The van der Waals surface area contributed by atoms with Gasteiger partial charge in [-0.05, 0) is 57.0 Å². The molecule has 6 heteroatoms. The molecular weight excluding hydrogens is 344 g/mol. The Labute approximate surface area is 159 Å². The molecule has 4 rings (SSSR count). The van der Waals surface area contributed by atoms with Crippen LogP contribution in [-0.2, 0) is 6.61 Å². The van der Waals surface area contributed by atoms with Crippen molar-refractivity contribution in [3.05, 3.63) is 47.9 Å². The lowest BCUT2D eigenvalue weighted by molar-refractivity contribution is 0.0851. The lowest BCUT2D eigenvalue weighted by Crippen LogP contribution is -2.48. The Morgan fingerprint density at radius 3 is 2.56 bits per heavy atom. The Hall–Kier alpha value is -2.47. The van der Waals surface area contributed by atoms with Gasteiger partial charge in [-0.15, -0.1) is 0 Å². The number of nitrogens with zero attached hydrogens (tertiary/aromatic N) is 1. The van der Waals surface area contributed by atoms with Gasteiger partial charge < -0.3 is 24.1 Å². The van der Waals surface area contributed by atoms with Crippen LogP contribution in [0, 0.1) is 0 Å². The van der Waals surface area contributed by atoms with Crippen molar-refractivity contribution < 1.29 is 18.7 Å². The highest BCUT2D eigenvalue weighted by atomic mass is 16.5. The molecule has 2 saturated heterocycles. The number of benzene rings is 1. The van der Waals surface area contributed by atoms with E-state index in [0.717, 1.165) is 12.8 Å². The van der Waals surface area contributed by atoms with E-state index in [2.05, 4.69) is 17.3 Å². The van der Waals surface area contributed by atoms with E-state index in [4.69, 9.17) is 13.9 Å². The summed E-state index contributed by atoms with van der Waals surface area (Å²) in [6.45, 7) is 0.242. The van der Waals surface area contributed by atoms with E-state index in [1.807, 2.05) is 24.3 Å². The highest BCUT2D eigenvalue weighted by Crippen LogP contribution is 2.34. The van der Waals surface area contributed by atoms with E-state index >= 15 is 0 Å². The van der Waals surface area contributed by atoms with Crippen LogP contribution in [0.15, 0.2) is 40.8 Å². The smallest absolute Gasteiger partial charge is 0.287 e. The van der Waals surface area contributed by atoms with E-state index < -0.39 is 0 Å². The van der Waals surface area contributed by atoms with Gasteiger partial charge in [0.25, 0.3) is 5.91 Å². The molecule has 1 aromatic carbocycles. The van der Waals surface area contributed by atoms with E-state index in [0.29, 0.717) is 35.1 Å². The third kappa shape index (κ3) is 3.81. The number of furan rings is 1. The second-order valence-corrected chi connectivity index (χ2v) is 7.40. The fourth-order valence-electron chi connectivity index (χ4n) is 4.25. The zero-order valence-electron chi connectivity index (χ0n) is 15.8. The Kier molecular flexibility index (Phi) is 5.07. The standard InChI is InChI=1S/C21H26N2O4/c1-23-15-7-8-16(23)12-14(11-15)22-21(24)20-10-9-17(27-20)13-26-19-6-4-3-5-18(19)25-2/h3-6,9-10,14-16H,7-8,11-13H2,1-2H3,(H,22,24). The molecule has 0 spiro atoms. The van der Waals surface area contributed by atoms with Gasteiger partial charge in [-0.3, -0.25) is 4.79 Å². The van der Waals surface area contributed by atoms with Crippen molar-refractivity contribution in [2.24, 2.45) is 0 Å². The molecule has 2 aliphatic rings. The Morgan fingerprint density at radius 1 is 1.15 bits per heavy atom. The van der Waals surface area contributed by atoms with Crippen LogP contribution in [0.4, 0.5) is 0 Å². The molecule has 2 aliphatic heterocycles. The molecule has 2 unspecified atom stereocenters. The van der Waals surface area contributed by atoms with Gasteiger partial charge in [0.05, 0.1) is 7.11 Å². The van der Waals surface area contributed by atoms with Crippen LogP contribution in [0.25, 0.3) is 0 Å². The molecule has 1 amide bonds. The topological polar surface area (TPSA) is 63.9 Å². The fraction of sp³-hybridized carbons (Fsp3) is 0.476. The van der Waals surface area contributed by atoms with Crippen molar-refractivity contribution in [2.45, 2.75) is 50.4 Å². The third-order valence-corrected chi connectivity index (χ3v) is 5.76. The Morgan fingerprint density at radius 2 is 1.85 bits per heavy atom. The molecular formula is C21H26N2O4. The maximum Gasteiger partial charge on any atom is 0.287 e. The number of rotatable bonds is 6. The number of carbonyl (C=O) groups is 1. The lowest BCUT2D eigenvalue weighted by atomic mass is 9.98. The molecule has 144 valence electrons. The highest BCUT2D eigenvalue weighted by molar-refractivity contribution is 5.91. The number of fused-ring (bicyclic) bond motifs is 2. The summed E-state index contributed by atoms with van der Waals surface area (Å²) in [4.78, 5) is 15.0. The van der Waals surface area contributed by atoms with Gasteiger partial charge in [-0.1, -0.05) is 12.1 Å². The first-order valence-electron chi connectivity index (χ1n) is 9.51. The predicted octanol–water partition coefficient (Wildman–Crippen LogP) is 3.22. The summed E-state index contributed by atoms with van der Waals surface area (Å²) in [6.07, 6.45) is 4.50. The minimum atomic E-state index is -0.146. The van der Waals surface area contributed by atoms with E-state index in [1.54, 1.807) is 19.2 Å². The number of ether oxygens (including phenoxy) is 2. The average molecular weight is 370 g/mol. The highest BCUT2D eigenvalue weighted by Gasteiger charge is 2.39. The monoisotopic (exact) mass is 370 g/mol. The molecule has 6 nitrogen and oxygen atoms in total. The van der Waals surface area contributed by atoms with Crippen molar-refractivity contribution in [3.63, 3.8) is 0 Å². The van der Waals surface area contributed by atoms with Crippen LogP contribution in [0.2, 0.25) is 0 Å². The molecule has 2 atom stereocenters. The van der Waals surface area contributed by atoms with Gasteiger partial charge in [0.15, 0.2) is 17.3 Å². The Bertz CT molecular complexity index is 789. The Balaban J connectivity index is 1.33. The van der Waals surface area contributed by atoms with Gasteiger partial charge in [-0.2, -0.15) is 0 Å². The zero-order valence-corrected chi connectivity index (χ0v) is 15.8. The molecule has 0 radical (unpaired) electrons. The van der Waals surface area contributed by atoms with Crippen LogP contribution in [0.5, 0.6) is 11.5 Å². The first kappa shape index (κ1) is 17.9. The van der Waals surface area contributed by atoms with Gasteiger partial charge >= 0.3 is 0 Å². The summed E-state index contributed by atoms with van der Waals surface area (Å²) >= 11 is 0. The first-order valence-corrected chi connectivity index (χ1v) is 9.51. The second kappa shape index (κ2) is 7.64. The van der Waals surface area contributed by atoms with E-state index in [1.165, 1.54) is 12.8 Å². The number of hydrogen-bond donors (Lipinski definition) is 1. The molecule has 27 heavy (non-hydrogen) atoms. The summed E-state index contributed by atoms with van der Waals surface area (Å²) < 4.78 is 16.7. The molecule has 3 heterocycles. The average Bonchev–Trinajstić information content (AvgIpc) is 3.22. The number of hydrogen-bond acceptors (Lipinski definition) is 5. The van der Waals surface area contributed by atoms with Crippen molar-refractivity contribution in [1.82, 2.24) is 10.2 Å². The number of para-hydroxylation sites is 2. The quantitative estimate of drug-likeness (QED) is 0.846. The summed E-state index contributed by atoms with van der Waals surface area (Å²) in [5, 5.41) is 3.14. The fourth-order valence-corrected chi connectivity index (χ4v) is 4.25. The second-order valence-electron chi connectivity index (χ2n) is 7.40. The number of amides is 1. The number of piperidine rings is 1. The number of nitrogens with one attached hydrogen (secondary N) is 1. The maximum absolute atomic E-state index is 12.5. The van der Waals surface area contributed by atoms with E-state index in [-0.39, 0.29) is 18.6 Å². The minimum absolute atomic E-state index is 0.146. The first-order chi connectivity index (χ1) is 13.1. The minimum Gasteiger partial charge on any atom is -0.493 e. The van der Waals surface area contributed by atoms with Crippen molar-refractivity contribution in [2.75, 3.05) is 14.2 Å². The van der Waals surface area contributed by atoms with Crippen LogP contribution in [-0.4, -0.2) is 43.1 Å². The SMILES string of the molecule is COc1ccccc1OCc1ccc(C(=O)NC2CC3CCC(C2)N3C)o1. The molecule has 1 aromatic heterocycles. The number of methoxy groups -OCH3 is 1. The molecule has 2 aromatic rings. The summed E-state index contributed by atoms with van der Waals surface area (Å²) in [5.41, 5.74) is 0. The van der Waals surface area contributed by atoms with Gasteiger partial charge in [-0.25, -0.2) is 0 Å². The summed E-state index contributed by atoms with van der Waals surface area (Å²) in [5.74, 6) is 2.10. The molecule has 1 N–H and O–H groups in total. The third-order valence-electron chi connectivity index (χ3n) is 5.76. The van der Waals surface area contributed by atoms with E-state index in [9.17, 15) is 4.79 Å². The van der Waals surface area contributed by atoms with Crippen molar-refractivity contribution >= 4 is 5.91 Å². The van der Waals surface area contributed by atoms with Crippen LogP contribution in [0.3, 0.4) is 0 Å². The van der Waals surface area contributed by atoms with Gasteiger partial charge in [0, 0.05) is 18.1 Å². The maximum atomic E-state index is 12.5. The van der Waals surface area contributed by atoms with Crippen LogP contribution in [0.1, 0.15) is 42.0 Å². The largest absolute Gasteiger partial charge is 0.493 e. The van der Waals surface area contributed by atoms with Gasteiger partial charge in [0.2, 0.25) is 0 Å². The van der Waals surface area contributed by atoms with Crippen molar-refractivity contribution in [1.29, 1.82) is 0 Å². The van der Waals surface area contributed by atoms with Crippen LogP contribution < -0.4 is 14.8 Å². The predicted molar refractivity (Wildman–Crippen MR) is 101 cm³/mol. The summed E-state index contributed by atoms with van der Waals surface area (Å²) in [7, 11) is 3.80. The molecule has 0 saturated carbocycles. The van der Waals surface area contributed by atoms with Crippen LogP contribution >= 0.6 is 0 Å². The normalized spacial score (nSPS) is 24.6.